The number of anilines is 1. The highest BCUT2D eigenvalue weighted by Gasteiger charge is 2.38. The maximum Gasteiger partial charge on any atom is 0.329 e. The summed E-state index contributed by atoms with van der Waals surface area (Å²) < 4.78 is 0. The molecule has 88 valence electrons. The molecule has 1 aliphatic rings. The molecule has 1 N–H and O–H groups in total. The zero-order valence-corrected chi connectivity index (χ0v) is 9.38. The van der Waals surface area contributed by atoms with Gasteiger partial charge in [-0.15, -0.1) is 12.3 Å². The smallest absolute Gasteiger partial charge is 0.324 e. The lowest BCUT2D eigenvalue weighted by Gasteiger charge is -2.12. The lowest BCUT2D eigenvalue weighted by atomic mass is 10.2. The summed E-state index contributed by atoms with van der Waals surface area (Å²) in [4.78, 5) is 24.7. The number of imide groups is 1. The third kappa shape index (κ3) is 1.90. The summed E-state index contributed by atoms with van der Waals surface area (Å²) in [6.45, 7) is 0. The van der Waals surface area contributed by atoms with Gasteiger partial charge >= 0.3 is 6.03 Å². The van der Waals surface area contributed by atoms with Crippen molar-refractivity contribution in [2.75, 3.05) is 4.90 Å². The Morgan fingerprint density at radius 1 is 1.44 bits per heavy atom. The second-order valence-electron chi connectivity index (χ2n) is 3.75. The highest BCUT2D eigenvalue weighted by atomic mass is 16.2. The van der Waals surface area contributed by atoms with Crippen molar-refractivity contribution < 1.29 is 9.59 Å². The Balaban J connectivity index is 2.34. The van der Waals surface area contributed by atoms with E-state index in [1.807, 2.05) is 6.07 Å². The highest BCUT2D eigenvalue weighted by Crippen LogP contribution is 2.21. The second-order valence-corrected chi connectivity index (χ2v) is 3.75. The maximum absolute atomic E-state index is 12.0. The molecule has 1 heterocycles. The van der Waals surface area contributed by atoms with Gasteiger partial charge in [0.15, 0.2) is 0 Å². The van der Waals surface area contributed by atoms with Gasteiger partial charge in [0.05, 0.1) is 17.3 Å². The van der Waals surface area contributed by atoms with E-state index in [0.717, 1.165) is 4.90 Å². The number of terminal acetylenes is 1. The van der Waals surface area contributed by atoms with Crippen LogP contribution in [0.4, 0.5) is 10.5 Å². The number of carbonyl (C=O) groups is 2. The molecule has 1 aliphatic heterocycles. The Bertz CT molecular complexity index is 595. The van der Waals surface area contributed by atoms with Crippen LogP contribution in [0.5, 0.6) is 0 Å². The summed E-state index contributed by atoms with van der Waals surface area (Å²) in [6, 6.07) is 7.04. The number of nitriles is 1. The summed E-state index contributed by atoms with van der Waals surface area (Å²) >= 11 is 0. The minimum Gasteiger partial charge on any atom is -0.324 e. The van der Waals surface area contributed by atoms with E-state index in [9.17, 15) is 9.59 Å². The molecule has 1 saturated heterocycles. The van der Waals surface area contributed by atoms with Crippen molar-refractivity contribution in [2.24, 2.45) is 0 Å². The van der Waals surface area contributed by atoms with Crippen LogP contribution >= 0.6 is 0 Å². The number of carbonyl (C=O) groups excluding carboxylic acids is 2. The van der Waals surface area contributed by atoms with Gasteiger partial charge < -0.3 is 5.32 Å². The second kappa shape index (κ2) is 4.60. The Morgan fingerprint density at radius 3 is 2.89 bits per heavy atom. The monoisotopic (exact) mass is 239 g/mol. The molecule has 0 spiro atoms. The Kier molecular flexibility index (Phi) is 2.99. The zero-order chi connectivity index (χ0) is 13.1. The molecule has 0 bridgehead atoms. The lowest BCUT2D eigenvalue weighted by molar-refractivity contribution is -0.118. The first-order chi connectivity index (χ1) is 8.67. The predicted octanol–water partition coefficient (Wildman–Crippen LogP) is 1.01. The molecule has 1 aromatic rings. The van der Waals surface area contributed by atoms with Crippen molar-refractivity contribution in [2.45, 2.75) is 12.5 Å². The summed E-state index contributed by atoms with van der Waals surface area (Å²) in [5.74, 6) is 1.95. The largest absolute Gasteiger partial charge is 0.329 e. The van der Waals surface area contributed by atoms with E-state index in [0.29, 0.717) is 11.3 Å². The van der Waals surface area contributed by atoms with Crippen molar-refractivity contribution in [1.82, 2.24) is 5.32 Å². The number of benzene rings is 1. The van der Waals surface area contributed by atoms with E-state index in [1.165, 1.54) is 6.07 Å². The van der Waals surface area contributed by atoms with Gasteiger partial charge in [-0.25, -0.2) is 9.69 Å². The number of hydrogen-bond donors (Lipinski definition) is 1. The van der Waals surface area contributed by atoms with Crippen LogP contribution < -0.4 is 10.2 Å². The molecule has 1 unspecified atom stereocenters. The van der Waals surface area contributed by atoms with Gasteiger partial charge in [0.1, 0.15) is 6.04 Å². The Hall–Kier alpha value is -2.79. The van der Waals surface area contributed by atoms with E-state index in [2.05, 4.69) is 11.2 Å². The molecule has 1 aromatic carbocycles. The summed E-state index contributed by atoms with van der Waals surface area (Å²) in [6.07, 6.45) is 5.28. The van der Waals surface area contributed by atoms with Crippen molar-refractivity contribution >= 4 is 17.6 Å². The van der Waals surface area contributed by atoms with E-state index in [1.54, 1.807) is 18.2 Å². The first-order valence-electron chi connectivity index (χ1n) is 5.25. The molecular weight excluding hydrogens is 230 g/mol. The fourth-order valence-corrected chi connectivity index (χ4v) is 1.75. The van der Waals surface area contributed by atoms with Gasteiger partial charge in [-0.2, -0.15) is 5.26 Å². The van der Waals surface area contributed by atoms with Crippen LogP contribution in [0.2, 0.25) is 0 Å². The standard InChI is InChI=1S/C13H9N3O2/c1-2-4-11-12(17)16(13(18)15-11)10-6-3-5-9(7-10)8-14/h1,3,5-7,11H,4H2,(H,15,18). The molecular formula is C13H9N3O2. The predicted molar refractivity (Wildman–Crippen MR) is 64.4 cm³/mol. The SMILES string of the molecule is C#CCC1NC(=O)N(c2cccc(C#N)c2)C1=O. The van der Waals surface area contributed by atoms with Gasteiger partial charge in [0, 0.05) is 6.42 Å². The molecule has 0 aromatic heterocycles. The van der Waals surface area contributed by atoms with Gasteiger partial charge in [-0.05, 0) is 18.2 Å². The average Bonchev–Trinajstić information content (AvgIpc) is 2.65. The third-order valence-corrected chi connectivity index (χ3v) is 2.57. The molecule has 5 nitrogen and oxygen atoms in total. The van der Waals surface area contributed by atoms with E-state index < -0.39 is 18.0 Å². The topological polar surface area (TPSA) is 73.2 Å². The minimum absolute atomic E-state index is 0.152. The van der Waals surface area contributed by atoms with E-state index in [-0.39, 0.29) is 6.42 Å². The lowest BCUT2D eigenvalue weighted by Crippen LogP contribution is -2.31. The first-order valence-corrected chi connectivity index (χ1v) is 5.25. The Labute approximate surface area is 104 Å². The van der Waals surface area contributed by atoms with E-state index in [4.69, 9.17) is 11.7 Å². The van der Waals surface area contributed by atoms with E-state index >= 15 is 0 Å². The van der Waals surface area contributed by atoms with Crippen molar-refractivity contribution in [3.8, 4) is 18.4 Å². The van der Waals surface area contributed by atoms with Crippen LogP contribution in [0.3, 0.4) is 0 Å². The van der Waals surface area contributed by atoms with Crippen LogP contribution in [-0.2, 0) is 4.79 Å². The van der Waals surface area contributed by atoms with Gasteiger partial charge in [-0.1, -0.05) is 6.07 Å². The van der Waals surface area contributed by atoms with Crippen molar-refractivity contribution in [3.05, 3.63) is 29.8 Å². The van der Waals surface area contributed by atoms with Crippen LogP contribution in [0.1, 0.15) is 12.0 Å². The third-order valence-electron chi connectivity index (χ3n) is 2.57. The molecule has 0 saturated carbocycles. The number of rotatable bonds is 2. The molecule has 0 aliphatic carbocycles. The molecule has 1 atom stereocenters. The van der Waals surface area contributed by atoms with Crippen molar-refractivity contribution in [3.63, 3.8) is 0 Å². The highest BCUT2D eigenvalue weighted by molar-refractivity contribution is 6.21. The number of amides is 3. The molecule has 1 fully saturated rings. The summed E-state index contributed by atoms with van der Waals surface area (Å²) in [5, 5.41) is 11.3. The van der Waals surface area contributed by atoms with Crippen molar-refractivity contribution in [1.29, 1.82) is 5.26 Å². The molecule has 2 rings (SSSR count). The molecule has 18 heavy (non-hydrogen) atoms. The molecule has 5 heteroatoms. The summed E-state index contributed by atoms with van der Waals surface area (Å²) in [5.41, 5.74) is 0.754. The number of nitrogens with zero attached hydrogens (tertiary/aromatic N) is 2. The zero-order valence-electron chi connectivity index (χ0n) is 9.38. The average molecular weight is 239 g/mol. The molecule has 0 radical (unpaired) electrons. The fraction of sp³-hybridized carbons (Fsp3) is 0.154. The van der Waals surface area contributed by atoms with Gasteiger partial charge in [0.2, 0.25) is 0 Å². The minimum atomic E-state index is -0.687. The van der Waals surface area contributed by atoms with Crippen LogP contribution in [0.15, 0.2) is 24.3 Å². The van der Waals surface area contributed by atoms with Crippen LogP contribution in [0.25, 0.3) is 0 Å². The number of urea groups is 1. The number of hydrogen-bond acceptors (Lipinski definition) is 3. The summed E-state index contributed by atoms with van der Waals surface area (Å²) in [7, 11) is 0. The first kappa shape index (κ1) is 11.7. The Morgan fingerprint density at radius 2 is 2.22 bits per heavy atom. The number of nitrogens with one attached hydrogen (secondary N) is 1. The van der Waals surface area contributed by atoms with Gasteiger partial charge in [0.25, 0.3) is 5.91 Å². The van der Waals surface area contributed by atoms with Crippen LogP contribution in [0, 0.1) is 23.7 Å². The van der Waals surface area contributed by atoms with Crippen LogP contribution in [-0.4, -0.2) is 18.0 Å². The maximum atomic E-state index is 12.0. The quantitative estimate of drug-likeness (QED) is 0.618. The molecule has 3 amide bonds. The fourth-order valence-electron chi connectivity index (χ4n) is 1.75. The van der Waals surface area contributed by atoms with Gasteiger partial charge in [-0.3, -0.25) is 4.79 Å². The normalized spacial score (nSPS) is 18.1.